The Morgan fingerprint density at radius 3 is 2.71 bits per heavy atom. The largest absolute Gasteiger partial charge is 0.393 e. The van der Waals surface area contributed by atoms with E-state index in [0.717, 1.165) is 24.3 Å². The average molecular weight is 307 g/mol. The second-order valence-electron chi connectivity index (χ2n) is 5.76. The van der Waals surface area contributed by atoms with Gasteiger partial charge in [0.25, 0.3) is 0 Å². The molecule has 3 N–H and O–H groups in total. The van der Waals surface area contributed by atoms with E-state index in [9.17, 15) is 4.79 Å². The highest BCUT2D eigenvalue weighted by atomic mass is 32.1. The highest BCUT2D eigenvalue weighted by Crippen LogP contribution is 2.09. The Bertz CT molecular complexity index is 488. The molecule has 116 valence electrons. The van der Waals surface area contributed by atoms with Crippen molar-refractivity contribution in [2.45, 2.75) is 27.2 Å². The monoisotopic (exact) mass is 307 g/mol. The van der Waals surface area contributed by atoms with Gasteiger partial charge in [0.05, 0.1) is 11.5 Å². The van der Waals surface area contributed by atoms with Crippen LogP contribution in [0.1, 0.15) is 25.8 Å². The Hall–Kier alpha value is -1.46. The third kappa shape index (κ3) is 7.78. The van der Waals surface area contributed by atoms with E-state index in [-0.39, 0.29) is 5.91 Å². The van der Waals surface area contributed by atoms with Crippen LogP contribution >= 0.6 is 12.2 Å². The minimum atomic E-state index is -0.0100. The van der Waals surface area contributed by atoms with Crippen LogP contribution in [0.25, 0.3) is 0 Å². The summed E-state index contributed by atoms with van der Waals surface area (Å²) in [5, 5.41) is 2.93. The molecular weight excluding hydrogens is 282 g/mol. The molecule has 4 nitrogen and oxygen atoms in total. The van der Waals surface area contributed by atoms with Gasteiger partial charge in [0.1, 0.15) is 0 Å². The molecule has 0 aliphatic carbocycles. The van der Waals surface area contributed by atoms with E-state index in [1.807, 2.05) is 31.2 Å². The molecule has 0 heterocycles. The molecule has 21 heavy (non-hydrogen) atoms. The molecular formula is C16H25N3OS. The fraction of sp³-hybridized carbons (Fsp3) is 0.500. The zero-order valence-corrected chi connectivity index (χ0v) is 13.9. The van der Waals surface area contributed by atoms with Crippen LogP contribution in [-0.2, 0) is 4.79 Å². The molecule has 0 unspecified atom stereocenters. The number of benzene rings is 1. The number of nitrogens with zero attached hydrogens (tertiary/aromatic N) is 1. The van der Waals surface area contributed by atoms with Crippen molar-refractivity contribution < 1.29 is 4.79 Å². The van der Waals surface area contributed by atoms with E-state index in [0.29, 0.717) is 23.9 Å². The number of hydrogen-bond donors (Lipinski definition) is 2. The van der Waals surface area contributed by atoms with Gasteiger partial charge in [-0.25, -0.2) is 0 Å². The van der Waals surface area contributed by atoms with Gasteiger partial charge < -0.3 is 11.1 Å². The smallest absolute Gasteiger partial charge is 0.238 e. The molecule has 5 heteroatoms. The topological polar surface area (TPSA) is 58.4 Å². The molecule has 1 amide bonds. The van der Waals surface area contributed by atoms with Crippen molar-refractivity contribution in [3.05, 3.63) is 29.8 Å². The normalized spacial score (nSPS) is 10.9. The summed E-state index contributed by atoms with van der Waals surface area (Å²) in [6.45, 7) is 8.19. The molecule has 0 aliphatic rings. The van der Waals surface area contributed by atoms with Crippen molar-refractivity contribution in [3.63, 3.8) is 0 Å². The Morgan fingerprint density at radius 1 is 1.43 bits per heavy atom. The fourth-order valence-electron chi connectivity index (χ4n) is 2.15. The first kappa shape index (κ1) is 17.6. The number of hydrogen-bond acceptors (Lipinski definition) is 3. The van der Waals surface area contributed by atoms with Crippen molar-refractivity contribution in [1.82, 2.24) is 4.90 Å². The van der Waals surface area contributed by atoms with Gasteiger partial charge in [-0.3, -0.25) is 9.69 Å². The third-order valence-corrected chi connectivity index (χ3v) is 3.17. The Morgan fingerprint density at radius 2 is 2.14 bits per heavy atom. The summed E-state index contributed by atoms with van der Waals surface area (Å²) in [6.07, 6.45) is 0.639. The Kier molecular flexibility index (Phi) is 7.32. The van der Waals surface area contributed by atoms with Crippen LogP contribution in [-0.4, -0.2) is 35.4 Å². The van der Waals surface area contributed by atoms with E-state index < -0.39 is 0 Å². The first-order valence-corrected chi connectivity index (χ1v) is 7.65. The maximum absolute atomic E-state index is 12.1. The molecule has 0 atom stereocenters. The zero-order valence-electron chi connectivity index (χ0n) is 13.1. The lowest BCUT2D eigenvalue weighted by Crippen LogP contribution is -2.37. The van der Waals surface area contributed by atoms with Gasteiger partial charge in [0, 0.05) is 25.2 Å². The minimum absolute atomic E-state index is 0.0100. The number of carbonyl (C=O) groups is 1. The van der Waals surface area contributed by atoms with Crippen LogP contribution in [0.2, 0.25) is 0 Å². The number of anilines is 1. The van der Waals surface area contributed by atoms with Crippen molar-refractivity contribution in [2.75, 3.05) is 25.0 Å². The molecule has 0 radical (unpaired) electrons. The van der Waals surface area contributed by atoms with Crippen molar-refractivity contribution in [1.29, 1.82) is 0 Å². The van der Waals surface area contributed by atoms with E-state index in [1.165, 1.54) is 0 Å². The van der Waals surface area contributed by atoms with Gasteiger partial charge in [0.15, 0.2) is 0 Å². The second-order valence-corrected chi connectivity index (χ2v) is 6.29. The number of aryl methyl sites for hydroxylation is 1. The minimum Gasteiger partial charge on any atom is -0.393 e. The van der Waals surface area contributed by atoms with Crippen molar-refractivity contribution in [2.24, 2.45) is 11.7 Å². The van der Waals surface area contributed by atoms with E-state index >= 15 is 0 Å². The molecule has 0 aromatic heterocycles. The molecule has 0 fully saturated rings. The van der Waals surface area contributed by atoms with Gasteiger partial charge in [-0.2, -0.15) is 0 Å². The number of carbonyl (C=O) groups excluding carboxylic acids is 1. The summed E-state index contributed by atoms with van der Waals surface area (Å²) in [5.41, 5.74) is 7.50. The van der Waals surface area contributed by atoms with Crippen LogP contribution < -0.4 is 11.1 Å². The lowest BCUT2D eigenvalue weighted by atomic mass is 10.2. The first-order valence-electron chi connectivity index (χ1n) is 7.24. The summed E-state index contributed by atoms with van der Waals surface area (Å²) >= 11 is 4.91. The summed E-state index contributed by atoms with van der Waals surface area (Å²) < 4.78 is 0. The quantitative estimate of drug-likeness (QED) is 0.725. The number of nitrogens with one attached hydrogen (secondary N) is 1. The predicted molar refractivity (Wildman–Crippen MR) is 92.5 cm³/mol. The standard InChI is InChI=1S/C16H25N3OS/c1-12(2)10-19(8-7-15(17)21)11-16(20)18-14-6-4-5-13(3)9-14/h4-6,9,12H,7-8,10-11H2,1-3H3,(H2,17,21)(H,18,20). The fourth-order valence-corrected chi connectivity index (χ4v) is 2.24. The van der Waals surface area contributed by atoms with E-state index in [2.05, 4.69) is 24.1 Å². The van der Waals surface area contributed by atoms with Gasteiger partial charge >= 0.3 is 0 Å². The zero-order chi connectivity index (χ0) is 15.8. The SMILES string of the molecule is Cc1cccc(NC(=O)CN(CCC(N)=S)CC(C)C)c1. The number of thiocarbonyl (C=S) groups is 1. The summed E-state index contributed by atoms with van der Waals surface area (Å²) in [6, 6.07) is 7.79. The number of rotatable bonds is 8. The number of nitrogens with two attached hydrogens (primary N) is 1. The maximum atomic E-state index is 12.1. The van der Waals surface area contributed by atoms with Gasteiger partial charge in [-0.1, -0.05) is 38.2 Å². The highest BCUT2D eigenvalue weighted by molar-refractivity contribution is 7.80. The van der Waals surface area contributed by atoms with E-state index in [4.69, 9.17) is 18.0 Å². The highest BCUT2D eigenvalue weighted by Gasteiger charge is 2.12. The molecule has 0 aliphatic heterocycles. The molecule has 1 rings (SSSR count). The molecule has 1 aromatic carbocycles. The van der Waals surface area contributed by atoms with Crippen LogP contribution in [0.15, 0.2) is 24.3 Å². The van der Waals surface area contributed by atoms with Crippen LogP contribution in [0.5, 0.6) is 0 Å². The Balaban J connectivity index is 2.56. The van der Waals surface area contributed by atoms with Gasteiger partial charge in [0.2, 0.25) is 5.91 Å². The van der Waals surface area contributed by atoms with Gasteiger partial charge in [-0.05, 0) is 30.5 Å². The molecule has 0 saturated heterocycles. The van der Waals surface area contributed by atoms with Crippen LogP contribution in [0.3, 0.4) is 0 Å². The molecule has 0 bridgehead atoms. The first-order chi connectivity index (χ1) is 9.86. The predicted octanol–water partition coefficient (Wildman–Crippen LogP) is 2.57. The van der Waals surface area contributed by atoms with Crippen molar-refractivity contribution >= 4 is 28.8 Å². The maximum Gasteiger partial charge on any atom is 0.238 e. The third-order valence-electron chi connectivity index (χ3n) is 2.97. The van der Waals surface area contributed by atoms with E-state index in [1.54, 1.807) is 0 Å². The Labute approximate surface area is 132 Å². The summed E-state index contributed by atoms with van der Waals surface area (Å²) in [5.74, 6) is 0.479. The van der Waals surface area contributed by atoms with Crippen LogP contribution in [0, 0.1) is 12.8 Å². The molecule has 0 saturated carbocycles. The average Bonchev–Trinajstić information content (AvgIpc) is 2.35. The summed E-state index contributed by atoms with van der Waals surface area (Å²) in [4.78, 5) is 14.7. The molecule has 1 aromatic rings. The van der Waals surface area contributed by atoms with Crippen LogP contribution in [0.4, 0.5) is 5.69 Å². The number of amides is 1. The molecule has 0 spiro atoms. The lowest BCUT2D eigenvalue weighted by molar-refractivity contribution is -0.117. The lowest BCUT2D eigenvalue weighted by Gasteiger charge is -2.23. The van der Waals surface area contributed by atoms with Crippen molar-refractivity contribution in [3.8, 4) is 0 Å². The summed E-state index contributed by atoms with van der Waals surface area (Å²) in [7, 11) is 0. The van der Waals surface area contributed by atoms with Gasteiger partial charge in [-0.15, -0.1) is 0 Å². The second kappa shape index (κ2) is 8.74.